The average Bonchev–Trinajstić information content (AvgIpc) is 2.73. The maximum Gasteiger partial charge on any atom is 0.266 e. The lowest BCUT2D eigenvalue weighted by atomic mass is 10.1. The normalized spacial score (nSPS) is 12.3. The van der Waals surface area contributed by atoms with E-state index in [1.807, 2.05) is 35.1 Å². The summed E-state index contributed by atoms with van der Waals surface area (Å²) in [4.78, 5) is 16.4. The summed E-state index contributed by atoms with van der Waals surface area (Å²) in [6, 6.07) is 16.9. The first-order valence-electron chi connectivity index (χ1n) is 9.47. The predicted molar refractivity (Wildman–Crippen MR) is 122 cm³/mol. The molecule has 10 heteroatoms. The second-order valence-corrected chi connectivity index (χ2v) is 9.59. The van der Waals surface area contributed by atoms with Crippen LogP contribution in [0.2, 0.25) is 10.0 Å². The van der Waals surface area contributed by atoms with Crippen molar-refractivity contribution >= 4 is 39.1 Å². The highest BCUT2D eigenvalue weighted by molar-refractivity contribution is 7.90. The van der Waals surface area contributed by atoms with Gasteiger partial charge in [-0.3, -0.25) is 9.78 Å². The van der Waals surface area contributed by atoms with Gasteiger partial charge in [0.15, 0.2) is 0 Å². The molecule has 3 rings (SSSR count). The molecule has 0 aliphatic carbocycles. The number of aliphatic hydroxyl groups is 1. The number of hydrogen-bond donors (Lipinski definition) is 2. The summed E-state index contributed by atoms with van der Waals surface area (Å²) >= 11 is 11.7. The van der Waals surface area contributed by atoms with Crippen LogP contribution >= 0.6 is 23.2 Å². The lowest BCUT2D eigenvalue weighted by Gasteiger charge is -2.13. The highest BCUT2D eigenvalue weighted by Gasteiger charge is 2.22. The first-order chi connectivity index (χ1) is 15.2. The van der Waals surface area contributed by atoms with E-state index >= 15 is 0 Å². The fourth-order valence-corrected chi connectivity index (χ4v) is 4.44. The van der Waals surface area contributed by atoms with Crippen LogP contribution in [0.3, 0.4) is 0 Å². The molecule has 32 heavy (non-hydrogen) atoms. The number of ether oxygens (including phenoxy) is 1. The van der Waals surface area contributed by atoms with E-state index in [0.717, 1.165) is 5.56 Å². The maximum absolute atomic E-state index is 12.3. The summed E-state index contributed by atoms with van der Waals surface area (Å²) in [6.07, 6.45) is -0.155. The van der Waals surface area contributed by atoms with Gasteiger partial charge in [-0.15, -0.1) is 0 Å². The molecule has 0 aliphatic heterocycles. The zero-order valence-corrected chi connectivity index (χ0v) is 19.1. The van der Waals surface area contributed by atoms with Crippen molar-refractivity contribution in [2.75, 3.05) is 5.75 Å². The molecule has 0 bridgehead atoms. The minimum absolute atomic E-state index is 0.0562. The number of nitrogens with one attached hydrogen (secondary N) is 1. The summed E-state index contributed by atoms with van der Waals surface area (Å²) in [5.74, 6) is -1.60. The van der Waals surface area contributed by atoms with Crippen molar-refractivity contribution in [2.45, 2.75) is 19.3 Å². The van der Waals surface area contributed by atoms with Gasteiger partial charge in [-0.05, 0) is 41.5 Å². The number of aliphatic hydroxyl groups excluding tert-OH is 1. The van der Waals surface area contributed by atoms with Gasteiger partial charge in [0.1, 0.15) is 0 Å². The molecule has 1 atom stereocenters. The molecule has 2 aromatic carbocycles. The Morgan fingerprint density at radius 2 is 1.72 bits per heavy atom. The number of hydrogen-bond acceptors (Lipinski definition) is 6. The van der Waals surface area contributed by atoms with Crippen molar-refractivity contribution in [3.05, 3.63) is 99.3 Å². The Hall–Kier alpha value is -2.49. The maximum atomic E-state index is 12.3. The summed E-state index contributed by atoms with van der Waals surface area (Å²) < 4.78 is 32.1. The largest absolute Gasteiger partial charge is 0.387 e. The Bertz CT molecular complexity index is 1150. The number of pyridine rings is 1. The van der Waals surface area contributed by atoms with Crippen molar-refractivity contribution in [1.82, 2.24) is 9.71 Å². The molecule has 2 N–H and O–H groups in total. The zero-order chi connectivity index (χ0) is 23.1. The molecular weight excluding hydrogens is 475 g/mol. The van der Waals surface area contributed by atoms with Crippen LogP contribution in [0.4, 0.5) is 0 Å². The monoisotopic (exact) mass is 494 g/mol. The molecule has 3 aromatic rings. The van der Waals surface area contributed by atoms with Crippen LogP contribution in [0.25, 0.3) is 0 Å². The molecule has 0 saturated carbocycles. The van der Waals surface area contributed by atoms with Crippen LogP contribution in [0.1, 0.15) is 33.3 Å². The van der Waals surface area contributed by atoms with Crippen LogP contribution in [0.5, 0.6) is 0 Å². The van der Waals surface area contributed by atoms with Gasteiger partial charge in [0.05, 0.1) is 36.3 Å². The zero-order valence-electron chi connectivity index (χ0n) is 16.7. The number of amides is 1. The van der Waals surface area contributed by atoms with Gasteiger partial charge < -0.3 is 9.84 Å². The van der Waals surface area contributed by atoms with Crippen molar-refractivity contribution in [3.8, 4) is 0 Å². The molecule has 0 radical (unpaired) electrons. The van der Waals surface area contributed by atoms with Crippen LogP contribution in [-0.2, 0) is 28.0 Å². The molecule has 1 aromatic heterocycles. The standard InChI is InChI=1S/C22H20Cl2N2O5S/c23-18-8-17(9-19(24)10-18)21(27)14-32(29,30)26-22(28)16-6-7-20(25-11-16)13-31-12-15-4-2-1-3-5-15/h1-11,21,27H,12-14H2,(H,26,28). The van der Waals surface area contributed by atoms with Gasteiger partial charge in [0.2, 0.25) is 10.0 Å². The van der Waals surface area contributed by atoms with Crippen molar-refractivity contribution in [3.63, 3.8) is 0 Å². The summed E-state index contributed by atoms with van der Waals surface area (Å²) in [6.45, 7) is 0.659. The van der Waals surface area contributed by atoms with Crippen LogP contribution in [0.15, 0.2) is 66.9 Å². The third kappa shape index (κ3) is 7.29. The van der Waals surface area contributed by atoms with Crippen molar-refractivity contribution < 1.29 is 23.1 Å². The van der Waals surface area contributed by atoms with E-state index < -0.39 is 27.8 Å². The van der Waals surface area contributed by atoms with E-state index in [2.05, 4.69) is 4.98 Å². The molecule has 0 fully saturated rings. The molecule has 0 spiro atoms. The summed E-state index contributed by atoms with van der Waals surface area (Å²) in [5.41, 5.74) is 1.90. The van der Waals surface area contributed by atoms with E-state index in [9.17, 15) is 18.3 Å². The number of halogens is 2. The van der Waals surface area contributed by atoms with Gasteiger partial charge >= 0.3 is 0 Å². The highest BCUT2D eigenvalue weighted by atomic mass is 35.5. The molecule has 1 amide bonds. The van der Waals surface area contributed by atoms with E-state index in [-0.39, 0.29) is 27.8 Å². The van der Waals surface area contributed by atoms with Gasteiger partial charge in [-0.1, -0.05) is 53.5 Å². The topological polar surface area (TPSA) is 106 Å². The van der Waals surface area contributed by atoms with Crippen molar-refractivity contribution in [1.29, 1.82) is 0 Å². The molecular formula is C22H20Cl2N2O5S. The first kappa shape index (κ1) is 24.2. The van der Waals surface area contributed by atoms with Gasteiger partial charge in [0, 0.05) is 16.2 Å². The first-order valence-corrected chi connectivity index (χ1v) is 11.9. The molecule has 168 valence electrons. The molecule has 7 nitrogen and oxygen atoms in total. The third-order valence-corrected chi connectivity index (χ3v) is 6.03. The number of sulfonamides is 1. The van der Waals surface area contributed by atoms with Crippen molar-refractivity contribution in [2.24, 2.45) is 0 Å². The van der Waals surface area contributed by atoms with Gasteiger partial charge in [-0.25, -0.2) is 13.1 Å². The Kier molecular flexibility index (Phi) is 8.22. The number of rotatable bonds is 9. The van der Waals surface area contributed by atoms with E-state index in [0.29, 0.717) is 12.3 Å². The van der Waals surface area contributed by atoms with Gasteiger partial charge in [-0.2, -0.15) is 0 Å². The lowest BCUT2D eigenvalue weighted by Crippen LogP contribution is -2.34. The second kappa shape index (κ2) is 10.9. The van der Waals surface area contributed by atoms with E-state index in [1.165, 1.54) is 30.5 Å². The minimum atomic E-state index is -4.15. The number of benzene rings is 2. The molecule has 1 unspecified atom stereocenters. The fourth-order valence-electron chi connectivity index (χ4n) is 2.81. The molecule has 1 heterocycles. The quantitative estimate of drug-likeness (QED) is 0.467. The van der Waals surface area contributed by atoms with Crippen LogP contribution in [0, 0.1) is 0 Å². The summed E-state index contributed by atoms with van der Waals surface area (Å²) in [5, 5.41) is 10.7. The predicted octanol–water partition coefficient (Wildman–Crippen LogP) is 3.90. The average molecular weight is 495 g/mol. The number of nitrogens with zero attached hydrogens (tertiary/aromatic N) is 1. The van der Waals surface area contributed by atoms with E-state index in [1.54, 1.807) is 6.07 Å². The Labute approximate surface area is 196 Å². The number of carbonyl (C=O) groups is 1. The molecule has 0 aliphatic rings. The Balaban J connectivity index is 1.54. The number of aromatic nitrogens is 1. The highest BCUT2D eigenvalue weighted by Crippen LogP contribution is 2.24. The van der Waals surface area contributed by atoms with Crippen LogP contribution < -0.4 is 4.72 Å². The van der Waals surface area contributed by atoms with Gasteiger partial charge in [0.25, 0.3) is 5.91 Å². The summed E-state index contributed by atoms with van der Waals surface area (Å²) in [7, 11) is -4.15. The Morgan fingerprint density at radius 1 is 1.03 bits per heavy atom. The van der Waals surface area contributed by atoms with Crippen LogP contribution in [-0.4, -0.2) is 30.2 Å². The third-order valence-electron chi connectivity index (χ3n) is 4.34. The smallest absolute Gasteiger partial charge is 0.266 e. The second-order valence-electron chi connectivity index (χ2n) is 6.95. The number of carbonyl (C=O) groups excluding carboxylic acids is 1. The SMILES string of the molecule is O=C(NS(=O)(=O)CC(O)c1cc(Cl)cc(Cl)c1)c1ccc(COCc2ccccc2)nc1. The van der Waals surface area contributed by atoms with E-state index in [4.69, 9.17) is 27.9 Å². The minimum Gasteiger partial charge on any atom is -0.387 e. The Morgan fingerprint density at radius 3 is 2.34 bits per heavy atom. The lowest BCUT2D eigenvalue weighted by molar-refractivity contribution is 0.0978. The fraction of sp³-hybridized carbons (Fsp3) is 0.182. The molecule has 0 saturated heterocycles.